The summed E-state index contributed by atoms with van der Waals surface area (Å²) in [6.07, 6.45) is 4.90. The predicted octanol–water partition coefficient (Wildman–Crippen LogP) is 4.94. The number of alkyl halides is 1. The largest absolute Gasteiger partial charge is 0.260 e. The number of hydrogen-bond acceptors (Lipinski definition) is 4. The van der Waals surface area contributed by atoms with E-state index in [0.717, 1.165) is 28.6 Å². The van der Waals surface area contributed by atoms with Gasteiger partial charge in [-0.25, -0.2) is 0 Å². The highest BCUT2D eigenvalue weighted by atomic mass is 35.5. The lowest BCUT2D eigenvalue weighted by atomic mass is 10.2. The van der Waals surface area contributed by atoms with Crippen molar-refractivity contribution in [2.45, 2.75) is 29.9 Å². The smallest absolute Gasteiger partial charge is 0.0650 e. The first kappa shape index (κ1) is 16.7. The Morgan fingerprint density at radius 2 is 2.00 bits per heavy atom. The normalized spacial score (nSPS) is 10.8. The molecule has 2 rings (SSSR count). The molecule has 0 saturated carbocycles. The Morgan fingerprint density at radius 1 is 1.10 bits per heavy atom. The van der Waals surface area contributed by atoms with Gasteiger partial charge < -0.3 is 0 Å². The minimum atomic E-state index is 0.486. The van der Waals surface area contributed by atoms with Gasteiger partial charge in [0.15, 0.2) is 0 Å². The van der Waals surface area contributed by atoms with E-state index in [-0.39, 0.29) is 0 Å². The van der Waals surface area contributed by atoms with E-state index in [0.29, 0.717) is 5.88 Å². The SMILES string of the molecule is Cc1c(SCCCSCc2ccccn2)ccnc1CCl. The average Bonchev–Trinajstić information content (AvgIpc) is 2.53. The van der Waals surface area contributed by atoms with Crippen molar-refractivity contribution in [3.63, 3.8) is 0 Å². The Morgan fingerprint density at radius 3 is 2.76 bits per heavy atom. The molecule has 0 aliphatic rings. The summed E-state index contributed by atoms with van der Waals surface area (Å²) >= 11 is 9.72. The fourth-order valence-electron chi connectivity index (χ4n) is 1.85. The molecule has 0 bridgehead atoms. The highest BCUT2D eigenvalue weighted by Crippen LogP contribution is 2.25. The van der Waals surface area contributed by atoms with Crippen LogP contribution in [0.4, 0.5) is 0 Å². The van der Waals surface area contributed by atoms with Gasteiger partial charge in [-0.3, -0.25) is 9.97 Å². The maximum absolute atomic E-state index is 5.88. The van der Waals surface area contributed by atoms with E-state index < -0.39 is 0 Å². The molecule has 0 amide bonds. The van der Waals surface area contributed by atoms with E-state index in [1.165, 1.54) is 16.9 Å². The molecule has 0 aliphatic carbocycles. The van der Waals surface area contributed by atoms with E-state index in [9.17, 15) is 0 Å². The summed E-state index contributed by atoms with van der Waals surface area (Å²) in [6, 6.07) is 8.16. The van der Waals surface area contributed by atoms with E-state index in [1.807, 2.05) is 48.1 Å². The molecule has 2 aromatic rings. The standard InChI is InChI=1S/C16H19ClN2S2/c1-13-15(11-17)19-8-6-16(13)21-10-4-9-20-12-14-5-2-3-7-18-14/h2-3,5-8H,4,9-12H2,1H3. The van der Waals surface area contributed by atoms with Crippen molar-refractivity contribution in [3.8, 4) is 0 Å². The first-order valence-electron chi connectivity index (χ1n) is 6.92. The monoisotopic (exact) mass is 338 g/mol. The van der Waals surface area contributed by atoms with Gasteiger partial charge in [-0.1, -0.05) is 6.07 Å². The van der Waals surface area contributed by atoms with Gasteiger partial charge in [0.1, 0.15) is 0 Å². The molecule has 112 valence electrons. The third-order valence-electron chi connectivity index (χ3n) is 3.05. The molecule has 21 heavy (non-hydrogen) atoms. The van der Waals surface area contributed by atoms with Gasteiger partial charge in [0.05, 0.1) is 17.3 Å². The maximum atomic E-state index is 5.88. The Kier molecular flexibility index (Phi) is 7.41. The van der Waals surface area contributed by atoms with Crippen molar-refractivity contribution >= 4 is 35.1 Å². The van der Waals surface area contributed by atoms with Gasteiger partial charge in [-0.05, 0) is 48.6 Å². The first-order valence-corrected chi connectivity index (χ1v) is 9.59. The van der Waals surface area contributed by atoms with E-state index in [2.05, 4.69) is 29.0 Å². The zero-order valence-electron chi connectivity index (χ0n) is 12.1. The summed E-state index contributed by atoms with van der Waals surface area (Å²) < 4.78 is 0. The minimum Gasteiger partial charge on any atom is -0.260 e. The van der Waals surface area contributed by atoms with Crippen LogP contribution in [-0.4, -0.2) is 21.5 Å². The van der Waals surface area contributed by atoms with Gasteiger partial charge in [-0.2, -0.15) is 11.8 Å². The molecule has 0 aliphatic heterocycles. The van der Waals surface area contributed by atoms with Gasteiger partial charge in [0.25, 0.3) is 0 Å². The van der Waals surface area contributed by atoms with Crippen molar-refractivity contribution in [1.82, 2.24) is 9.97 Å². The maximum Gasteiger partial charge on any atom is 0.0650 e. The molecule has 2 heterocycles. The van der Waals surface area contributed by atoms with E-state index in [4.69, 9.17) is 11.6 Å². The third kappa shape index (κ3) is 5.53. The average molecular weight is 339 g/mol. The van der Waals surface area contributed by atoms with Crippen LogP contribution in [0.3, 0.4) is 0 Å². The van der Waals surface area contributed by atoms with Crippen LogP contribution in [-0.2, 0) is 11.6 Å². The predicted molar refractivity (Wildman–Crippen MR) is 94.3 cm³/mol. The lowest BCUT2D eigenvalue weighted by Crippen LogP contribution is -1.93. The number of nitrogens with zero attached hydrogens (tertiary/aromatic N) is 2. The van der Waals surface area contributed by atoms with Crippen molar-refractivity contribution in [3.05, 3.63) is 53.6 Å². The summed E-state index contributed by atoms with van der Waals surface area (Å²) in [6.45, 7) is 2.10. The van der Waals surface area contributed by atoms with Crippen LogP contribution >= 0.6 is 35.1 Å². The fraction of sp³-hybridized carbons (Fsp3) is 0.375. The molecule has 0 atom stereocenters. The van der Waals surface area contributed by atoms with Gasteiger partial charge in [0, 0.05) is 23.0 Å². The number of halogens is 1. The van der Waals surface area contributed by atoms with Crippen LogP contribution in [0.25, 0.3) is 0 Å². The van der Waals surface area contributed by atoms with Crippen LogP contribution in [0.15, 0.2) is 41.6 Å². The Hall–Kier alpha value is -0.710. The van der Waals surface area contributed by atoms with Crippen LogP contribution in [0.2, 0.25) is 0 Å². The Labute approximate surface area is 140 Å². The van der Waals surface area contributed by atoms with Gasteiger partial charge in [-0.15, -0.1) is 23.4 Å². The Bertz CT molecular complexity index is 549. The van der Waals surface area contributed by atoms with E-state index in [1.54, 1.807) is 0 Å². The quantitative estimate of drug-likeness (QED) is 0.387. The Balaban J connectivity index is 1.66. The number of rotatable bonds is 8. The second-order valence-electron chi connectivity index (χ2n) is 4.59. The lowest BCUT2D eigenvalue weighted by molar-refractivity contribution is 1.06. The number of thioether (sulfide) groups is 2. The summed E-state index contributed by atoms with van der Waals surface area (Å²) in [5.74, 6) is 3.77. The number of hydrogen-bond donors (Lipinski definition) is 0. The van der Waals surface area contributed by atoms with Crippen LogP contribution in [0.5, 0.6) is 0 Å². The second kappa shape index (κ2) is 9.34. The lowest BCUT2D eigenvalue weighted by Gasteiger charge is -2.08. The van der Waals surface area contributed by atoms with Crippen molar-refractivity contribution < 1.29 is 0 Å². The van der Waals surface area contributed by atoms with Gasteiger partial charge >= 0.3 is 0 Å². The van der Waals surface area contributed by atoms with Crippen LogP contribution in [0, 0.1) is 6.92 Å². The molecule has 0 radical (unpaired) electrons. The molecule has 2 aromatic heterocycles. The number of aromatic nitrogens is 2. The molecule has 2 nitrogen and oxygen atoms in total. The van der Waals surface area contributed by atoms with Crippen molar-refractivity contribution in [2.75, 3.05) is 11.5 Å². The summed E-state index contributed by atoms with van der Waals surface area (Å²) in [5.41, 5.74) is 3.37. The molecule has 5 heteroatoms. The summed E-state index contributed by atoms with van der Waals surface area (Å²) in [4.78, 5) is 9.92. The number of pyridine rings is 2. The molecule has 0 aromatic carbocycles. The summed E-state index contributed by atoms with van der Waals surface area (Å²) in [5, 5.41) is 0. The third-order valence-corrected chi connectivity index (χ3v) is 5.63. The highest BCUT2D eigenvalue weighted by Gasteiger charge is 2.04. The molecule has 0 spiro atoms. The molecule has 0 saturated heterocycles. The second-order valence-corrected chi connectivity index (χ2v) is 7.10. The van der Waals surface area contributed by atoms with Crippen LogP contribution in [0.1, 0.15) is 23.4 Å². The van der Waals surface area contributed by atoms with Crippen LogP contribution < -0.4 is 0 Å². The zero-order valence-corrected chi connectivity index (χ0v) is 14.5. The van der Waals surface area contributed by atoms with Crippen molar-refractivity contribution in [1.29, 1.82) is 0 Å². The fourth-order valence-corrected chi connectivity index (χ4v) is 4.18. The first-order chi connectivity index (χ1) is 10.3. The molecular formula is C16H19ClN2S2. The molecule has 0 fully saturated rings. The van der Waals surface area contributed by atoms with E-state index >= 15 is 0 Å². The zero-order chi connectivity index (χ0) is 14.9. The topological polar surface area (TPSA) is 25.8 Å². The highest BCUT2D eigenvalue weighted by molar-refractivity contribution is 7.99. The van der Waals surface area contributed by atoms with Crippen molar-refractivity contribution in [2.24, 2.45) is 0 Å². The minimum absolute atomic E-state index is 0.486. The molecule has 0 unspecified atom stereocenters. The molecule has 0 N–H and O–H groups in total. The molecular weight excluding hydrogens is 320 g/mol. The van der Waals surface area contributed by atoms with Gasteiger partial charge in [0.2, 0.25) is 0 Å². The summed E-state index contributed by atoms with van der Waals surface area (Å²) in [7, 11) is 0.